The number of amides is 5. The van der Waals surface area contributed by atoms with Gasteiger partial charge in [-0.25, -0.2) is 4.79 Å². The molecule has 1 atom stereocenters. The number of hydrogen-bond donors (Lipinski definition) is 2. The number of benzene rings is 1. The van der Waals surface area contributed by atoms with Crippen molar-refractivity contribution in [3.05, 3.63) is 34.9 Å². The number of hydrogen-bond acceptors (Lipinski definition) is 5. The van der Waals surface area contributed by atoms with Gasteiger partial charge in [0.2, 0.25) is 11.8 Å². The van der Waals surface area contributed by atoms with Crippen molar-refractivity contribution in [2.24, 2.45) is 0 Å². The fourth-order valence-corrected chi connectivity index (χ4v) is 3.04. The molecule has 5 amide bonds. The van der Waals surface area contributed by atoms with E-state index in [1.165, 1.54) is 13.1 Å². The number of fused-ring (bicyclic) bond motifs is 1. The van der Waals surface area contributed by atoms with E-state index in [0.29, 0.717) is 5.56 Å². The second-order valence-corrected chi connectivity index (χ2v) is 5.93. The zero-order chi connectivity index (χ0) is 18.3. The quantitative estimate of drug-likeness (QED) is 0.754. The third kappa shape index (κ3) is 2.73. The molecule has 2 heterocycles. The summed E-state index contributed by atoms with van der Waals surface area (Å²) in [5.41, 5.74) is 0.617. The molecule has 1 fully saturated rings. The van der Waals surface area contributed by atoms with Crippen LogP contribution in [0, 0.1) is 0 Å². The molecule has 0 spiro atoms. The maximum absolute atomic E-state index is 12.8. The molecule has 1 saturated heterocycles. The molecule has 9 heteroatoms. The zero-order valence-corrected chi connectivity index (χ0v) is 13.3. The highest BCUT2D eigenvalue weighted by Gasteiger charge is 2.45. The molecule has 0 aliphatic carbocycles. The normalized spacial score (nSPS) is 19.7. The summed E-state index contributed by atoms with van der Waals surface area (Å²) in [4.78, 5) is 61.6. The molecular formula is C16H15N3O6. The van der Waals surface area contributed by atoms with E-state index in [0.717, 1.165) is 9.80 Å². The first-order valence-corrected chi connectivity index (χ1v) is 7.58. The van der Waals surface area contributed by atoms with Gasteiger partial charge in [-0.2, -0.15) is 0 Å². The minimum atomic E-state index is -1.17. The average Bonchev–Trinajstić information content (AvgIpc) is 2.80. The van der Waals surface area contributed by atoms with Gasteiger partial charge in [0.1, 0.15) is 6.04 Å². The Morgan fingerprint density at radius 1 is 1.28 bits per heavy atom. The molecule has 1 aromatic rings. The summed E-state index contributed by atoms with van der Waals surface area (Å²) in [6, 6.07) is 3.54. The summed E-state index contributed by atoms with van der Waals surface area (Å²) < 4.78 is 0. The molecular weight excluding hydrogens is 330 g/mol. The summed E-state index contributed by atoms with van der Waals surface area (Å²) in [5, 5.41) is 11.1. The third-order valence-electron chi connectivity index (χ3n) is 4.29. The van der Waals surface area contributed by atoms with Gasteiger partial charge in [-0.3, -0.25) is 29.4 Å². The monoisotopic (exact) mass is 345 g/mol. The van der Waals surface area contributed by atoms with Crippen LogP contribution in [0.2, 0.25) is 0 Å². The maximum Gasteiger partial charge on any atom is 0.407 e. The van der Waals surface area contributed by atoms with E-state index in [1.54, 1.807) is 12.1 Å². The first kappa shape index (κ1) is 16.6. The molecule has 25 heavy (non-hydrogen) atoms. The van der Waals surface area contributed by atoms with Crippen molar-refractivity contribution in [1.29, 1.82) is 0 Å². The highest BCUT2D eigenvalue weighted by molar-refractivity contribution is 6.24. The van der Waals surface area contributed by atoms with Crippen LogP contribution in [-0.2, 0) is 16.1 Å². The molecule has 2 aliphatic heterocycles. The molecule has 130 valence electrons. The van der Waals surface area contributed by atoms with Gasteiger partial charge in [-0.15, -0.1) is 0 Å². The SMILES string of the molecule is CN(Cc1cccc2c1C(=O)N(C1CCC(=O)NC1=O)C2=O)C(=O)O. The van der Waals surface area contributed by atoms with Crippen molar-refractivity contribution in [2.75, 3.05) is 7.05 Å². The minimum absolute atomic E-state index is 0.0401. The second kappa shape index (κ2) is 6.00. The number of nitrogens with zero attached hydrogens (tertiary/aromatic N) is 2. The lowest BCUT2D eigenvalue weighted by atomic mass is 10.0. The predicted molar refractivity (Wildman–Crippen MR) is 82.6 cm³/mol. The van der Waals surface area contributed by atoms with E-state index in [4.69, 9.17) is 5.11 Å². The largest absolute Gasteiger partial charge is 0.465 e. The van der Waals surface area contributed by atoms with Crippen LogP contribution < -0.4 is 5.32 Å². The van der Waals surface area contributed by atoms with Crippen molar-refractivity contribution in [3.63, 3.8) is 0 Å². The Balaban J connectivity index is 1.95. The van der Waals surface area contributed by atoms with Crippen molar-refractivity contribution in [3.8, 4) is 0 Å². The lowest BCUT2D eigenvalue weighted by Gasteiger charge is -2.27. The topological polar surface area (TPSA) is 124 Å². The Labute approximate surface area is 142 Å². The minimum Gasteiger partial charge on any atom is -0.465 e. The Hall–Kier alpha value is -3.23. The van der Waals surface area contributed by atoms with Crippen LogP contribution in [0.25, 0.3) is 0 Å². The molecule has 0 aromatic heterocycles. The Morgan fingerprint density at radius 3 is 2.64 bits per heavy atom. The summed E-state index contributed by atoms with van der Waals surface area (Å²) in [5.74, 6) is -2.39. The van der Waals surface area contributed by atoms with Gasteiger partial charge in [0, 0.05) is 20.0 Å². The van der Waals surface area contributed by atoms with Crippen LogP contribution in [0.4, 0.5) is 4.79 Å². The summed E-state index contributed by atoms with van der Waals surface area (Å²) in [6.07, 6.45) is -1.06. The van der Waals surface area contributed by atoms with E-state index in [1.807, 2.05) is 0 Å². The van der Waals surface area contributed by atoms with Gasteiger partial charge in [-0.05, 0) is 18.1 Å². The zero-order valence-electron chi connectivity index (χ0n) is 13.3. The summed E-state index contributed by atoms with van der Waals surface area (Å²) in [6.45, 7) is -0.0687. The van der Waals surface area contributed by atoms with Crippen molar-refractivity contribution in [2.45, 2.75) is 25.4 Å². The van der Waals surface area contributed by atoms with Gasteiger partial charge in [0.25, 0.3) is 11.8 Å². The van der Waals surface area contributed by atoms with Crippen LogP contribution in [0.15, 0.2) is 18.2 Å². The highest BCUT2D eigenvalue weighted by Crippen LogP contribution is 2.30. The standard InChI is InChI=1S/C16H15N3O6/c1-18(16(24)25)7-8-3-2-4-9-12(8)15(23)19(14(9)22)10-5-6-11(20)17-13(10)21/h2-4,10H,5-7H2,1H3,(H,24,25)(H,17,20,21). The number of carbonyl (C=O) groups is 5. The Kier molecular flexibility index (Phi) is 3.99. The van der Waals surface area contributed by atoms with E-state index in [9.17, 15) is 24.0 Å². The second-order valence-electron chi connectivity index (χ2n) is 5.93. The van der Waals surface area contributed by atoms with Crippen molar-refractivity contribution < 1.29 is 29.1 Å². The molecule has 0 radical (unpaired) electrons. The molecule has 2 aliphatic rings. The van der Waals surface area contributed by atoms with Crippen LogP contribution in [-0.4, -0.2) is 57.7 Å². The molecule has 0 saturated carbocycles. The van der Waals surface area contributed by atoms with Crippen LogP contribution in [0.3, 0.4) is 0 Å². The van der Waals surface area contributed by atoms with Gasteiger partial charge >= 0.3 is 6.09 Å². The molecule has 0 bridgehead atoms. The van der Waals surface area contributed by atoms with Gasteiger partial charge in [-0.1, -0.05) is 12.1 Å². The van der Waals surface area contributed by atoms with Crippen molar-refractivity contribution in [1.82, 2.24) is 15.1 Å². The fourth-order valence-electron chi connectivity index (χ4n) is 3.04. The highest BCUT2D eigenvalue weighted by atomic mass is 16.4. The number of nitrogens with one attached hydrogen (secondary N) is 1. The number of carboxylic acid groups (broad SMARTS) is 1. The predicted octanol–water partition coefficient (Wildman–Crippen LogP) is 0.198. The first-order valence-electron chi connectivity index (χ1n) is 7.58. The lowest BCUT2D eigenvalue weighted by molar-refractivity contribution is -0.136. The first-order chi connectivity index (χ1) is 11.8. The maximum atomic E-state index is 12.8. The molecule has 1 aromatic carbocycles. The third-order valence-corrected chi connectivity index (χ3v) is 4.29. The van der Waals surface area contributed by atoms with E-state index in [2.05, 4.69) is 5.32 Å². The summed E-state index contributed by atoms with van der Waals surface area (Å²) >= 11 is 0. The summed E-state index contributed by atoms with van der Waals surface area (Å²) in [7, 11) is 1.35. The Bertz CT molecular complexity index is 818. The molecule has 2 N–H and O–H groups in total. The molecule has 1 unspecified atom stereocenters. The molecule has 9 nitrogen and oxygen atoms in total. The average molecular weight is 345 g/mol. The van der Waals surface area contributed by atoms with Crippen molar-refractivity contribution >= 4 is 29.7 Å². The number of carbonyl (C=O) groups excluding carboxylic acids is 4. The van der Waals surface area contributed by atoms with Gasteiger partial charge in [0.15, 0.2) is 0 Å². The molecule has 3 rings (SSSR count). The smallest absolute Gasteiger partial charge is 0.407 e. The number of rotatable bonds is 3. The van der Waals surface area contributed by atoms with Crippen LogP contribution >= 0.6 is 0 Å². The number of imide groups is 2. The van der Waals surface area contributed by atoms with Gasteiger partial charge < -0.3 is 10.0 Å². The van der Waals surface area contributed by atoms with Crippen LogP contribution in [0.1, 0.15) is 39.1 Å². The van der Waals surface area contributed by atoms with E-state index in [-0.39, 0.29) is 30.5 Å². The van der Waals surface area contributed by atoms with E-state index < -0.39 is 35.8 Å². The fraction of sp³-hybridized carbons (Fsp3) is 0.312. The number of piperidine rings is 1. The van der Waals surface area contributed by atoms with Gasteiger partial charge in [0.05, 0.1) is 11.1 Å². The van der Waals surface area contributed by atoms with E-state index >= 15 is 0 Å². The lowest BCUT2D eigenvalue weighted by Crippen LogP contribution is -2.54. The Morgan fingerprint density at radius 2 is 2.00 bits per heavy atom. The van der Waals surface area contributed by atoms with Crippen LogP contribution in [0.5, 0.6) is 0 Å².